The molecule has 0 radical (unpaired) electrons. The Morgan fingerprint density at radius 1 is 0.952 bits per heavy atom. The molecule has 1 N–H and O–H groups in total. The SMILES string of the molecule is Cl.Clc1ccc(N(c2ccccc2)[C@H]2CCNC2)cc1Cl. The number of hydrogen-bond donors (Lipinski definition) is 1. The minimum Gasteiger partial charge on any atom is -0.337 e. The third-order valence-electron chi connectivity index (χ3n) is 3.62. The fraction of sp³-hybridized carbons (Fsp3) is 0.250. The van der Waals surface area contributed by atoms with E-state index in [4.69, 9.17) is 23.2 Å². The van der Waals surface area contributed by atoms with Crippen LogP contribution in [-0.2, 0) is 0 Å². The van der Waals surface area contributed by atoms with Gasteiger partial charge in [-0.25, -0.2) is 0 Å². The van der Waals surface area contributed by atoms with Crippen molar-refractivity contribution in [3.8, 4) is 0 Å². The van der Waals surface area contributed by atoms with E-state index < -0.39 is 0 Å². The van der Waals surface area contributed by atoms with Gasteiger partial charge in [-0.3, -0.25) is 0 Å². The summed E-state index contributed by atoms with van der Waals surface area (Å²) in [5, 5.41) is 4.60. The van der Waals surface area contributed by atoms with Crippen molar-refractivity contribution in [3.63, 3.8) is 0 Å². The lowest BCUT2D eigenvalue weighted by molar-refractivity contribution is 0.712. The Kier molecular flexibility index (Phi) is 5.77. The van der Waals surface area contributed by atoms with Crippen molar-refractivity contribution in [1.82, 2.24) is 5.32 Å². The van der Waals surface area contributed by atoms with E-state index in [2.05, 4.69) is 34.5 Å². The third kappa shape index (κ3) is 3.64. The average Bonchev–Trinajstić information content (AvgIpc) is 2.98. The van der Waals surface area contributed by atoms with Gasteiger partial charge in [-0.05, 0) is 43.3 Å². The third-order valence-corrected chi connectivity index (χ3v) is 4.35. The van der Waals surface area contributed by atoms with Gasteiger partial charge in [0.15, 0.2) is 0 Å². The number of para-hydroxylation sites is 1. The van der Waals surface area contributed by atoms with E-state index in [-0.39, 0.29) is 12.4 Å². The zero-order valence-electron chi connectivity index (χ0n) is 11.4. The first-order chi connectivity index (χ1) is 9.75. The predicted molar refractivity (Wildman–Crippen MR) is 93.6 cm³/mol. The lowest BCUT2D eigenvalue weighted by atomic mass is 10.1. The number of nitrogens with one attached hydrogen (secondary N) is 1. The van der Waals surface area contributed by atoms with E-state index in [0.717, 1.165) is 25.2 Å². The molecule has 1 aliphatic heterocycles. The van der Waals surface area contributed by atoms with Crippen molar-refractivity contribution >= 4 is 47.0 Å². The summed E-state index contributed by atoms with van der Waals surface area (Å²) in [7, 11) is 0. The molecule has 5 heteroatoms. The van der Waals surface area contributed by atoms with E-state index >= 15 is 0 Å². The summed E-state index contributed by atoms with van der Waals surface area (Å²) < 4.78 is 0. The fourth-order valence-corrected chi connectivity index (χ4v) is 2.95. The summed E-state index contributed by atoms with van der Waals surface area (Å²) in [6.45, 7) is 2.03. The second-order valence-corrected chi connectivity index (χ2v) is 5.76. The molecule has 1 atom stereocenters. The smallest absolute Gasteiger partial charge is 0.0613 e. The molecule has 0 aromatic heterocycles. The topological polar surface area (TPSA) is 15.3 Å². The number of anilines is 2. The molecular formula is C16H17Cl3N2. The molecule has 1 fully saturated rings. The average molecular weight is 344 g/mol. The van der Waals surface area contributed by atoms with Crippen molar-refractivity contribution in [1.29, 1.82) is 0 Å². The standard InChI is InChI=1S/C16H16Cl2N2.ClH/c17-15-7-6-13(10-16(15)18)20(14-8-9-19-11-14)12-4-2-1-3-5-12;/h1-7,10,14,19H,8-9,11H2;1H/t14-;/m0./s1. The molecule has 21 heavy (non-hydrogen) atoms. The van der Waals surface area contributed by atoms with Crippen LogP contribution in [0.25, 0.3) is 0 Å². The molecule has 1 aliphatic rings. The first-order valence-corrected chi connectivity index (χ1v) is 7.51. The van der Waals surface area contributed by atoms with Crippen molar-refractivity contribution < 1.29 is 0 Å². The van der Waals surface area contributed by atoms with Crippen LogP contribution in [0, 0.1) is 0 Å². The minimum atomic E-state index is 0. The van der Waals surface area contributed by atoms with Crippen LogP contribution in [0.4, 0.5) is 11.4 Å². The molecule has 0 amide bonds. The summed E-state index contributed by atoms with van der Waals surface area (Å²) in [4.78, 5) is 2.34. The summed E-state index contributed by atoms with van der Waals surface area (Å²) >= 11 is 12.2. The van der Waals surface area contributed by atoms with E-state index in [1.165, 1.54) is 5.69 Å². The van der Waals surface area contributed by atoms with Crippen molar-refractivity contribution in [2.45, 2.75) is 12.5 Å². The second kappa shape index (κ2) is 7.37. The number of halogens is 3. The Bertz CT molecular complexity index is 583. The zero-order chi connectivity index (χ0) is 13.9. The van der Waals surface area contributed by atoms with Crippen LogP contribution in [0.2, 0.25) is 10.0 Å². The van der Waals surface area contributed by atoms with E-state index in [0.29, 0.717) is 16.1 Å². The predicted octanol–water partition coefficient (Wildman–Crippen LogP) is 4.92. The second-order valence-electron chi connectivity index (χ2n) is 4.95. The Morgan fingerprint density at radius 2 is 1.71 bits per heavy atom. The Morgan fingerprint density at radius 3 is 2.33 bits per heavy atom. The molecule has 0 bridgehead atoms. The van der Waals surface area contributed by atoms with Gasteiger partial charge in [0.2, 0.25) is 0 Å². The van der Waals surface area contributed by atoms with Crippen molar-refractivity contribution in [2.75, 3.05) is 18.0 Å². The maximum absolute atomic E-state index is 6.18. The maximum atomic E-state index is 6.18. The van der Waals surface area contributed by atoms with Crippen LogP contribution in [0.1, 0.15) is 6.42 Å². The van der Waals surface area contributed by atoms with Crippen LogP contribution in [0.3, 0.4) is 0 Å². The van der Waals surface area contributed by atoms with E-state index in [1.54, 1.807) is 0 Å². The van der Waals surface area contributed by atoms with Crippen LogP contribution < -0.4 is 10.2 Å². The van der Waals surface area contributed by atoms with Gasteiger partial charge < -0.3 is 10.2 Å². The summed E-state index contributed by atoms with van der Waals surface area (Å²) in [6, 6.07) is 16.7. The molecule has 0 unspecified atom stereocenters. The number of benzene rings is 2. The summed E-state index contributed by atoms with van der Waals surface area (Å²) in [5.74, 6) is 0. The van der Waals surface area contributed by atoms with Crippen LogP contribution in [0.15, 0.2) is 48.5 Å². The first-order valence-electron chi connectivity index (χ1n) is 6.76. The van der Waals surface area contributed by atoms with Gasteiger partial charge >= 0.3 is 0 Å². The van der Waals surface area contributed by atoms with E-state index in [1.807, 2.05) is 24.3 Å². The van der Waals surface area contributed by atoms with Gasteiger partial charge in [-0.1, -0.05) is 41.4 Å². The highest BCUT2D eigenvalue weighted by Gasteiger charge is 2.24. The Labute approximate surface area is 141 Å². The number of hydrogen-bond acceptors (Lipinski definition) is 2. The van der Waals surface area contributed by atoms with Crippen molar-refractivity contribution in [2.24, 2.45) is 0 Å². The molecule has 2 aromatic carbocycles. The van der Waals surface area contributed by atoms with Gasteiger partial charge in [-0.15, -0.1) is 12.4 Å². The highest BCUT2D eigenvalue weighted by atomic mass is 35.5. The van der Waals surface area contributed by atoms with Gasteiger partial charge in [-0.2, -0.15) is 0 Å². The zero-order valence-corrected chi connectivity index (χ0v) is 13.8. The Hall–Kier alpha value is -0.930. The molecule has 2 nitrogen and oxygen atoms in total. The lowest BCUT2D eigenvalue weighted by Gasteiger charge is -2.31. The first kappa shape index (κ1) is 16.4. The Balaban J connectivity index is 0.00000161. The maximum Gasteiger partial charge on any atom is 0.0613 e. The number of nitrogens with zero attached hydrogens (tertiary/aromatic N) is 1. The normalized spacial score (nSPS) is 17.3. The lowest BCUT2D eigenvalue weighted by Crippen LogP contribution is -2.32. The van der Waals surface area contributed by atoms with Gasteiger partial charge in [0.05, 0.1) is 10.0 Å². The molecule has 1 heterocycles. The fourth-order valence-electron chi connectivity index (χ4n) is 2.65. The molecule has 112 valence electrons. The van der Waals surface area contributed by atoms with Crippen LogP contribution in [0.5, 0.6) is 0 Å². The monoisotopic (exact) mass is 342 g/mol. The molecule has 3 rings (SSSR count). The molecule has 1 saturated heterocycles. The van der Waals surface area contributed by atoms with Crippen LogP contribution in [-0.4, -0.2) is 19.1 Å². The quantitative estimate of drug-likeness (QED) is 0.851. The molecule has 0 spiro atoms. The van der Waals surface area contributed by atoms with E-state index in [9.17, 15) is 0 Å². The molecule has 0 saturated carbocycles. The summed E-state index contributed by atoms with van der Waals surface area (Å²) in [6.07, 6.45) is 1.12. The molecular weight excluding hydrogens is 327 g/mol. The highest BCUT2D eigenvalue weighted by Crippen LogP contribution is 2.34. The van der Waals surface area contributed by atoms with Gasteiger partial charge in [0, 0.05) is 24.0 Å². The molecule has 0 aliphatic carbocycles. The summed E-state index contributed by atoms with van der Waals surface area (Å²) in [5.41, 5.74) is 2.26. The highest BCUT2D eigenvalue weighted by molar-refractivity contribution is 6.42. The van der Waals surface area contributed by atoms with Gasteiger partial charge in [0.25, 0.3) is 0 Å². The van der Waals surface area contributed by atoms with Crippen LogP contribution >= 0.6 is 35.6 Å². The van der Waals surface area contributed by atoms with Gasteiger partial charge in [0.1, 0.15) is 0 Å². The molecule has 2 aromatic rings. The minimum absolute atomic E-state index is 0. The largest absolute Gasteiger partial charge is 0.337 e. The van der Waals surface area contributed by atoms with Crippen molar-refractivity contribution in [3.05, 3.63) is 58.6 Å². The number of rotatable bonds is 3.